The number of hydrogen-bond donors (Lipinski definition) is 0. The Hall–Kier alpha value is -2.93. The van der Waals surface area contributed by atoms with Crippen molar-refractivity contribution in [2.24, 2.45) is 0 Å². The third-order valence-electron chi connectivity index (χ3n) is 3.95. The van der Waals surface area contributed by atoms with Gasteiger partial charge in [-0.25, -0.2) is 9.18 Å². The summed E-state index contributed by atoms with van der Waals surface area (Å²) in [5.74, 6) is -0.0155. The molecule has 0 saturated heterocycles. The normalized spacial score (nSPS) is 11.9. The smallest absolute Gasteiger partial charge is 0.344 e. The van der Waals surface area contributed by atoms with Crippen LogP contribution in [0.5, 0.6) is 5.75 Å². The highest BCUT2D eigenvalue weighted by molar-refractivity contribution is 6.30. The predicted molar refractivity (Wildman–Crippen MR) is 101 cm³/mol. The summed E-state index contributed by atoms with van der Waals surface area (Å²) >= 11 is 5.99. The van der Waals surface area contributed by atoms with Gasteiger partial charge < -0.3 is 13.9 Å². The van der Waals surface area contributed by atoms with Crippen LogP contribution in [0.1, 0.15) is 30.0 Å². The van der Waals surface area contributed by atoms with E-state index >= 15 is 0 Å². The second-order valence-electron chi connectivity index (χ2n) is 6.24. The Balaban J connectivity index is 1.60. The zero-order valence-corrected chi connectivity index (χ0v) is 16.3. The summed E-state index contributed by atoms with van der Waals surface area (Å²) in [6, 6.07) is 9.14. The number of esters is 1. The number of carbonyl (C=O) groups is 1. The van der Waals surface area contributed by atoms with Crippen LogP contribution < -0.4 is 4.74 Å². The molecule has 1 atom stereocenters. The second-order valence-corrected chi connectivity index (χ2v) is 6.68. The van der Waals surface area contributed by atoms with E-state index in [4.69, 9.17) is 25.5 Å². The van der Waals surface area contributed by atoms with Crippen molar-refractivity contribution in [1.82, 2.24) is 10.2 Å². The van der Waals surface area contributed by atoms with Gasteiger partial charge in [0.25, 0.3) is 5.89 Å². The molecule has 1 heterocycles. The van der Waals surface area contributed by atoms with E-state index in [9.17, 15) is 9.18 Å². The zero-order chi connectivity index (χ0) is 20.3. The van der Waals surface area contributed by atoms with Crippen LogP contribution in [0, 0.1) is 19.7 Å². The molecule has 0 unspecified atom stereocenters. The van der Waals surface area contributed by atoms with Gasteiger partial charge in [0.1, 0.15) is 11.6 Å². The molecule has 3 rings (SSSR count). The number of aryl methyl sites for hydroxylation is 2. The molecular formula is C20H18ClFN2O4. The Morgan fingerprint density at radius 3 is 2.46 bits per heavy atom. The van der Waals surface area contributed by atoms with Gasteiger partial charge in [-0.1, -0.05) is 11.6 Å². The van der Waals surface area contributed by atoms with Crippen molar-refractivity contribution in [2.45, 2.75) is 26.9 Å². The van der Waals surface area contributed by atoms with E-state index in [1.54, 1.807) is 19.1 Å². The highest BCUT2D eigenvalue weighted by atomic mass is 35.5. The molecule has 146 valence electrons. The molecule has 0 aliphatic heterocycles. The summed E-state index contributed by atoms with van der Waals surface area (Å²) in [7, 11) is 0. The number of halogens is 2. The number of hydrogen-bond acceptors (Lipinski definition) is 6. The molecule has 0 saturated carbocycles. The molecule has 8 heteroatoms. The van der Waals surface area contributed by atoms with E-state index in [-0.39, 0.29) is 24.2 Å². The number of nitrogens with zero attached hydrogens (tertiary/aromatic N) is 2. The molecule has 3 aromatic rings. The van der Waals surface area contributed by atoms with Crippen LogP contribution in [0.15, 0.2) is 40.8 Å². The van der Waals surface area contributed by atoms with E-state index in [1.165, 1.54) is 24.3 Å². The van der Waals surface area contributed by atoms with E-state index < -0.39 is 12.1 Å². The standard InChI is InChI=1S/C20H18ClFN2O4/c1-11-8-15(21)9-12(2)18(11)26-10-17(25)27-13(3)19-23-24-20(28-19)14-4-6-16(22)7-5-14/h4-9,13H,10H2,1-3H3/t13-/m1/s1. The molecule has 0 fully saturated rings. The maximum Gasteiger partial charge on any atom is 0.344 e. The number of ether oxygens (including phenoxy) is 2. The molecule has 2 aromatic carbocycles. The first-order valence-electron chi connectivity index (χ1n) is 8.52. The van der Waals surface area contributed by atoms with Gasteiger partial charge in [-0.2, -0.15) is 0 Å². The first kappa shape index (κ1) is 19.8. The van der Waals surface area contributed by atoms with Crippen LogP contribution in [0.3, 0.4) is 0 Å². The van der Waals surface area contributed by atoms with E-state index in [1.807, 2.05) is 13.8 Å². The summed E-state index contributed by atoms with van der Waals surface area (Å²) < 4.78 is 29.4. The molecule has 0 bridgehead atoms. The van der Waals surface area contributed by atoms with Gasteiger partial charge in [0, 0.05) is 10.6 Å². The maximum absolute atomic E-state index is 13.0. The van der Waals surface area contributed by atoms with Crippen LogP contribution in [0.25, 0.3) is 11.5 Å². The Labute approximate surface area is 166 Å². The van der Waals surface area contributed by atoms with Crippen LogP contribution >= 0.6 is 11.6 Å². The Morgan fingerprint density at radius 1 is 1.18 bits per heavy atom. The first-order valence-corrected chi connectivity index (χ1v) is 8.89. The largest absolute Gasteiger partial charge is 0.481 e. The van der Waals surface area contributed by atoms with E-state index in [0.717, 1.165) is 11.1 Å². The quantitative estimate of drug-likeness (QED) is 0.548. The molecule has 0 N–H and O–H groups in total. The molecule has 0 radical (unpaired) electrons. The Kier molecular flexibility index (Phi) is 5.94. The van der Waals surface area contributed by atoms with Crippen molar-refractivity contribution in [1.29, 1.82) is 0 Å². The summed E-state index contributed by atoms with van der Waals surface area (Å²) in [6.45, 7) is 5.03. The summed E-state index contributed by atoms with van der Waals surface area (Å²) in [5, 5.41) is 8.38. The van der Waals surface area contributed by atoms with Gasteiger partial charge in [0.2, 0.25) is 5.89 Å². The van der Waals surface area contributed by atoms with E-state index in [0.29, 0.717) is 16.3 Å². The molecule has 28 heavy (non-hydrogen) atoms. The lowest BCUT2D eigenvalue weighted by Crippen LogP contribution is -2.17. The van der Waals surface area contributed by atoms with Crippen LogP contribution in [0.2, 0.25) is 5.02 Å². The van der Waals surface area contributed by atoms with Crippen molar-refractivity contribution in [2.75, 3.05) is 6.61 Å². The average Bonchev–Trinajstić information content (AvgIpc) is 3.11. The lowest BCUT2D eigenvalue weighted by molar-refractivity contribution is -0.152. The first-order chi connectivity index (χ1) is 13.3. The predicted octanol–water partition coefficient (Wildman–Crippen LogP) is 4.83. The molecular weight excluding hydrogens is 387 g/mol. The number of rotatable bonds is 6. The fraction of sp³-hybridized carbons (Fsp3) is 0.250. The number of aromatic nitrogens is 2. The zero-order valence-electron chi connectivity index (χ0n) is 15.5. The lowest BCUT2D eigenvalue weighted by Gasteiger charge is -2.13. The van der Waals surface area contributed by atoms with Gasteiger partial charge in [0.05, 0.1) is 0 Å². The number of benzene rings is 2. The minimum atomic E-state index is -0.759. The molecule has 0 aliphatic rings. The summed E-state index contributed by atoms with van der Waals surface area (Å²) in [6.07, 6.45) is -0.759. The van der Waals surface area contributed by atoms with Gasteiger partial charge in [-0.15, -0.1) is 10.2 Å². The SMILES string of the molecule is Cc1cc(Cl)cc(C)c1OCC(=O)O[C@H](C)c1nnc(-c2ccc(F)cc2)o1. The van der Waals surface area contributed by atoms with Gasteiger partial charge >= 0.3 is 5.97 Å². The minimum absolute atomic E-state index is 0.131. The summed E-state index contributed by atoms with van der Waals surface area (Å²) in [5.41, 5.74) is 2.22. The molecule has 0 spiro atoms. The molecule has 0 aliphatic carbocycles. The minimum Gasteiger partial charge on any atom is -0.481 e. The summed E-state index contributed by atoms with van der Waals surface area (Å²) in [4.78, 5) is 12.1. The molecule has 1 aromatic heterocycles. The Morgan fingerprint density at radius 2 is 1.82 bits per heavy atom. The fourth-order valence-corrected chi connectivity index (χ4v) is 2.97. The van der Waals surface area contributed by atoms with Gasteiger partial charge in [-0.05, 0) is 68.3 Å². The third-order valence-corrected chi connectivity index (χ3v) is 4.17. The number of carbonyl (C=O) groups excluding carboxylic acids is 1. The Bertz CT molecular complexity index is 965. The van der Waals surface area contributed by atoms with Crippen molar-refractivity contribution >= 4 is 17.6 Å². The monoisotopic (exact) mass is 404 g/mol. The second kappa shape index (κ2) is 8.39. The van der Waals surface area contributed by atoms with Crippen LogP contribution in [-0.4, -0.2) is 22.8 Å². The van der Waals surface area contributed by atoms with Crippen molar-refractivity contribution in [3.63, 3.8) is 0 Å². The highest BCUT2D eigenvalue weighted by Gasteiger charge is 2.20. The maximum atomic E-state index is 13.0. The van der Waals surface area contributed by atoms with Crippen molar-refractivity contribution < 1.29 is 23.1 Å². The van der Waals surface area contributed by atoms with Crippen molar-refractivity contribution in [3.05, 3.63) is 64.3 Å². The van der Waals surface area contributed by atoms with Gasteiger partial charge in [0.15, 0.2) is 12.7 Å². The highest BCUT2D eigenvalue weighted by Crippen LogP contribution is 2.27. The van der Waals surface area contributed by atoms with E-state index in [2.05, 4.69) is 10.2 Å². The topological polar surface area (TPSA) is 74.5 Å². The van der Waals surface area contributed by atoms with Crippen LogP contribution in [0.4, 0.5) is 4.39 Å². The fourth-order valence-electron chi connectivity index (χ4n) is 2.65. The molecule has 0 amide bonds. The lowest BCUT2D eigenvalue weighted by atomic mass is 10.1. The van der Waals surface area contributed by atoms with Gasteiger partial charge in [-0.3, -0.25) is 0 Å². The van der Waals surface area contributed by atoms with Crippen molar-refractivity contribution in [3.8, 4) is 17.2 Å². The third kappa shape index (κ3) is 4.67. The average molecular weight is 405 g/mol. The molecule has 6 nitrogen and oxygen atoms in total. The van der Waals surface area contributed by atoms with Crippen LogP contribution in [-0.2, 0) is 9.53 Å².